The monoisotopic (exact) mass is 492 g/mol. The van der Waals surface area contributed by atoms with Gasteiger partial charge in [0.25, 0.3) is 0 Å². The zero-order chi connectivity index (χ0) is 22.7. The van der Waals surface area contributed by atoms with E-state index in [1.54, 1.807) is 44.2 Å². The fraction of sp³-hybridized carbons (Fsp3) is 0.154. The lowest BCUT2D eigenvalue weighted by atomic mass is 10.0. The van der Waals surface area contributed by atoms with Gasteiger partial charge in [-0.25, -0.2) is 4.79 Å². The highest BCUT2D eigenvalue weighted by molar-refractivity contribution is 9.10. The summed E-state index contributed by atoms with van der Waals surface area (Å²) in [4.78, 5) is 25.7. The molecule has 1 atom stereocenters. The Morgan fingerprint density at radius 2 is 1.75 bits per heavy atom. The first-order valence-electron chi connectivity index (χ1n) is 10.2. The van der Waals surface area contributed by atoms with Crippen molar-refractivity contribution in [1.82, 2.24) is 0 Å². The lowest BCUT2D eigenvalue weighted by Gasteiger charge is -2.18. The van der Waals surface area contributed by atoms with E-state index >= 15 is 0 Å². The molecule has 3 aromatic carbocycles. The van der Waals surface area contributed by atoms with Crippen LogP contribution in [0.3, 0.4) is 0 Å². The van der Waals surface area contributed by atoms with Crippen molar-refractivity contribution in [2.24, 2.45) is 0 Å². The Morgan fingerprint density at radius 3 is 2.44 bits per heavy atom. The van der Waals surface area contributed by atoms with Gasteiger partial charge in [-0.15, -0.1) is 0 Å². The van der Waals surface area contributed by atoms with Gasteiger partial charge in [0.1, 0.15) is 17.1 Å². The number of carbonyl (C=O) groups excluding carboxylic acids is 1. The summed E-state index contributed by atoms with van der Waals surface area (Å²) in [5.74, 6) is 0.423. The van der Waals surface area contributed by atoms with E-state index in [-0.39, 0.29) is 12.0 Å². The summed E-state index contributed by atoms with van der Waals surface area (Å²) in [5.41, 5.74) is 2.25. The molecule has 6 heteroatoms. The van der Waals surface area contributed by atoms with Crippen molar-refractivity contribution in [3.63, 3.8) is 0 Å². The molecule has 162 valence electrons. The van der Waals surface area contributed by atoms with Crippen LogP contribution in [0.15, 0.2) is 86.5 Å². The van der Waals surface area contributed by atoms with Gasteiger partial charge in [-0.05, 0) is 43.7 Å². The summed E-state index contributed by atoms with van der Waals surface area (Å²) < 4.78 is 18.1. The molecule has 0 aliphatic rings. The maximum Gasteiger partial charge on any atom is 0.352 e. The fourth-order valence-electron chi connectivity index (χ4n) is 3.54. The van der Waals surface area contributed by atoms with Gasteiger partial charge in [0.2, 0.25) is 11.5 Å². The molecule has 0 fully saturated rings. The number of hydrogen-bond donors (Lipinski definition) is 0. The maximum absolute atomic E-state index is 13.2. The van der Waals surface area contributed by atoms with E-state index in [0.29, 0.717) is 33.6 Å². The third-order valence-electron chi connectivity index (χ3n) is 5.03. The summed E-state index contributed by atoms with van der Waals surface area (Å²) in [6, 6.07) is 21.6. The first kappa shape index (κ1) is 21.8. The van der Waals surface area contributed by atoms with Crippen LogP contribution in [0.4, 0.5) is 0 Å². The van der Waals surface area contributed by atoms with Crippen LogP contribution in [-0.4, -0.2) is 12.6 Å². The van der Waals surface area contributed by atoms with E-state index in [4.69, 9.17) is 13.9 Å². The average Bonchev–Trinajstić information content (AvgIpc) is 2.79. The molecule has 0 saturated heterocycles. The first-order chi connectivity index (χ1) is 15.5. The summed E-state index contributed by atoms with van der Waals surface area (Å²) in [6.45, 7) is 3.75. The van der Waals surface area contributed by atoms with E-state index in [1.165, 1.54) is 0 Å². The molecule has 0 N–H and O–H groups in total. The molecule has 5 nitrogen and oxygen atoms in total. The van der Waals surface area contributed by atoms with Crippen molar-refractivity contribution in [3.8, 4) is 16.9 Å². The molecule has 0 amide bonds. The van der Waals surface area contributed by atoms with Crippen molar-refractivity contribution in [1.29, 1.82) is 0 Å². The predicted molar refractivity (Wildman–Crippen MR) is 127 cm³/mol. The highest BCUT2D eigenvalue weighted by Gasteiger charge is 2.24. The number of esters is 1. The van der Waals surface area contributed by atoms with Gasteiger partial charge in [-0.3, -0.25) is 4.79 Å². The van der Waals surface area contributed by atoms with E-state index < -0.39 is 12.1 Å². The molecule has 0 aliphatic heterocycles. The van der Waals surface area contributed by atoms with Crippen LogP contribution >= 0.6 is 15.9 Å². The quantitative estimate of drug-likeness (QED) is 0.299. The molecule has 0 spiro atoms. The van der Waals surface area contributed by atoms with Crippen LogP contribution in [0, 0.1) is 6.92 Å². The molecule has 0 saturated carbocycles. The summed E-state index contributed by atoms with van der Waals surface area (Å²) >= 11 is 3.41. The van der Waals surface area contributed by atoms with Gasteiger partial charge in [0.15, 0.2) is 0 Å². The number of hydrogen-bond acceptors (Lipinski definition) is 5. The lowest BCUT2D eigenvalue weighted by molar-refractivity contribution is -0.151. The standard InChI is InChI=1S/C26H21BrO5/c1-3-30-26(29)25(18-7-5-4-6-8-18)32-20-13-14-21-22(15-20)31-16(2)23(24(21)28)17-9-11-19(27)12-10-17/h4-15,25H,3H2,1-2H3. The molecular weight excluding hydrogens is 472 g/mol. The zero-order valence-corrected chi connectivity index (χ0v) is 19.2. The summed E-state index contributed by atoms with van der Waals surface area (Å²) in [6.07, 6.45) is -0.927. The van der Waals surface area contributed by atoms with Crippen molar-refractivity contribution < 1.29 is 18.7 Å². The molecule has 4 rings (SSSR count). The van der Waals surface area contributed by atoms with Crippen LogP contribution in [-0.2, 0) is 9.53 Å². The Balaban J connectivity index is 1.73. The number of benzene rings is 3. The number of aryl methyl sites for hydroxylation is 1. The Hall–Kier alpha value is -3.38. The highest BCUT2D eigenvalue weighted by Crippen LogP contribution is 2.29. The SMILES string of the molecule is CCOC(=O)C(Oc1ccc2c(=O)c(-c3ccc(Br)cc3)c(C)oc2c1)c1ccccc1. The van der Waals surface area contributed by atoms with E-state index in [2.05, 4.69) is 15.9 Å². The van der Waals surface area contributed by atoms with Crippen molar-refractivity contribution in [2.75, 3.05) is 6.61 Å². The Morgan fingerprint density at radius 1 is 1.03 bits per heavy atom. The average molecular weight is 493 g/mol. The molecule has 4 aromatic rings. The second kappa shape index (κ2) is 9.40. The third kappa shape index (κ3) is 4.46. The normalized spacial score (nSPS) is 11.8. The van der Waals surface area contributed by atoms with Crippen LogP contribution in [0.5, 0.6) is 5.75 Å². The van der Waals surface area contributed by atoms with Crippen molar-refractivity contribution in [3.05, 3.63) is 98.8 Å². The number of halogens is 1. The minimum absolute atomic E-state index is 0.123. The minimum Gasteiger partial charge on any atom is -0.474 e. The molecule has 1 unspecified atom stereocenters. The Kier molecular flexibility index (Phi) is 6.42. The van der Waals surface area contributed by atoms with E-state index in [0.717, 1.165) is 10.0 Å². The van der Waals surface area contributed by atoms with Crippen molar-refractivity contribution in [2.45, 2.75) is 20.0 Å². The van der Waals surface area contributed by atoms with Crippen molar-refractivity contribution >= 4 is 32.9 Å². The zero-order valence-electron chi connectivity index (χ0n) is 17.6. The number of fused-ring (bicyclic) bond motifs is 1. The molecule has 0 radical (unpaired) electrons. The molecule has 0 aliphatic carbocycles. The molecule has 1 heterocycles. The summed E-state index contributed by atoms with van der Waals surface area (Å²) in [7, 11) is 0. The van der Waals surface area contributed by atoms with Gasteiger partial charge >= 0.3 is 5.97 Å². The molecule has 0 bridgehead atoms. The second-order valence-corrected chi connectivity index (χ2v) is 8.10. The van der Waals surface area contributed by atoms with Gasteiger partial charge in [0, 0.05) is 16.1 Å². The number of carbonyl (C=O) groups is 1. The topological polar surface area (TPSA) is 65.7 Å². The smallest absolute Gasteiger partial charge is 0.352 e. The van der Waals surface area contributed by atoms with Gasteiger partial charge in [-0.2, -0.15) is 0 Å². The predicted octanol–water partition coefficient (Wildman–Crippen LogP) is 6.21. The van der Waals surface area contributed by atoms with E-state index in [9.17, 15) is 9.59 Å². The third-order valence-corrected chi connectivity index (χ3v) is 5.56. The molecule has 32 heavy (non-hydrogen) atoms. The fourth-order valence-corrected chi connectivity index (χ4v) is 3.81. The Labute approximate surface area is 193 Å². The van der Waals surface area contributed by atoms with Crippen LogP contribution in [0.25, 0.3) is 22.1 Å². The number of ether oxygens (including phenoxy) is 2. The van der Waals surface area contributed by atoms with E-state index in [1.807, 2.05) is 42.5 Å². The highest BCUT2D eigenvalue weighted by atomic mass is 79.9. The number of rotatable bonds is 6. The van der Waals surface area contributed by atoms with Crippen LogP contribution < -0.4 is 10.2 Å². The first-order valence-corrected chi connectivity index (χ1v) is 11.0. The van der Waals surface area contributed by atoms with Crippen LogP contribution in [0.1, 0.15) is 24.4 Å². The molecule has 1 aromatic heterocycles. The summed E-state index contributed by atoms with van der Waals surface area (Å²) in [5, 5.41) is 0.438. The largest absolute Gasteiger partial charge is 0.474 e. The van der Waals surface area contributed by atoms with Gasteiger partial charge < -0.3 is 13.9 Å². The Bertz CT molecular complexity index is 1310. The lowest BCUT2D eigenvalue weighted by Crippen LogP contribution is -2.21. The molecular formula is C26H21BrO5. The van der Waals surface area contributed by atoms with Gasteiger partial charge in [-0.1, -0.05) is 58.4 Å². The van der Waals surface area contributed by atoms with Crippen LogP contribution in [0.2, 0.25) is 0 Å². The minimum atomic E-state index is -0.927. The van der Waals surface area contributed by atoms with Gasteiger partial charge in [0.05, 0.1) is 17.6 Å². The second-order valence-electron chi connectivity index (χ2n) is 7.19. The maximum atomic E-state index is 13.2.